The molecule has 0 saturated heterocycles. The predicted octanol–water partition coefficient (Wildman–Crippen LogP) is 4.66. The van der Waals surface area contributed by atoms with Crippen LogP contribution in [0.2, 0.25) is 5.02 Å². The van der Waals surface area contributed by atoms with E-state index in [9.17, 15) is 0 Å². The number of halogens is 1. The molecule has 1 aliphatic heterocycles. The second-order valence-corrected chi connectivity index (χ2v) is 7.05. The zero-order valence-electron chi connectivity index (χ0n) is 14.5. The number of anilines is 1. The molecule has 0 fully saturated rings. The lowest BCUT2D eigenvalue weighted by molar-refractivity contribution is 0.198. The van der Waals surface area contributed by atoms with Crippen molar-refractivity contribution in [2.45, 2.75) is 27.1 Å². The zero-order chi connectivity index (χ0) is 17.4. The van der Waals surface area contributed by atoms with Crippen LogP contribution in [0.25, 0.3) is 11.1 Å². The van der Waals surface area contributed by atoms with Gasteiger partial charge in [0.2, 0.25) is 0 Å². The SMILES string of the molecule is Cc1ccc(CN2CNc3c(-c4cccc(Cl)c4)c(C)nn3C2)cc1. The summed E-state index contributed by atoms with van der Waals surface area (Å²) in [6.45, 7) is 6.64. The summed E-state index contributed by atoms with van der Waals surface area (Å²) in [6, 6.07) is 16.7. The maximum absolute atomic E-state index is 6.17. The second kappa shape index (κ2) is 6.54. The van der Waals surface area contributed by atoms with E-state index in [1.807, 2.05) is 29.8 Å². The first-order valence-electron chi connectivity index (χ1n) is 8.45. The van der Waals surface area contributed by atoms with Crippen molar-refractivity contribution in [1.82, 2.24) is 14.7 Å². The van der Waals surface area contributed by atoms with E-state index in [4.69, 9.17) is 16.7 Å². The van der Waals surface area contributed by atoms with E-state index in [2.05, 4.69) is 47.5 Å². The van der Waals surface area contributed by atoms with Crippen molar-refractivity contribution in [3.8, 4) is 11.1 Å². The topological polar surface area (TPSA) is 33.1 Å². The molecule has 0 radical (unpaired) electrons. The summed E-state index contributed by atoms with van der Waals surface area (Å²) in [5, 5.41) is 9.01. The van der Waals surface area contributed by atoms with Crippen LogP contribution < -0.4 is 5.32 Å². The van der Waals surface area contributed by atoms with Crippen molar-refractivity contribution in [2.75, 3.05) is 12.0 Å². The summed E-state index contributed by atoms with van der Waals surface area (Å²) >= 11 is 6.17. The molecule has 25 heavy (non-hydrogen) atoms. The predicted molar refractivity (Wildman–Crippen MR) is 103 cm³/mol. The highest BCUT2D eigenvalue weighted by Gasteiger charge is 2.23. The molecule has 0 unspecified atom stereocenters. The highest BCUT2D eigenvalue weighted by atomic mass is 35.5. The van der Waals surface area contributed by atoms with E-state index in [1.165, 1.54) is 11.1 Å². The molecule has 2 heterocycles. The highest BCUT2D eigenvalue weighted by Crippen LogP contribution is 2.34. The third-order valence-corrected chi connectivity index (χ3v) is 4.81. The fourth-order valence-corrected chi connectivity index (χ4v) is 3.53. The van der Waals surface area contributed by atoms with Crippen LogP contribution in [0.5, 0.6) is 0 Å². The number of nitrogens with one attached hydrogen (secondary N) is 1. The summed E-state index contributed by atoms with van der Waals surface area (Å²) in [4.78, 5) is 2.34. The number of nitrogens with zero attached hydrogens (tertiary/aromatic N) is 3. The number of fused-ring (bicyclic) bond motifs is 1. The van der Waals surface area contributed by atoms with Gasteiger partial charge in [0.15, 0.2) is 0 Å². The first-order chi connectivity index (χ1) is 12.1. The molecule has 4 rings (SSSR count). The van der Waals surface area contributed by atoms with Gasteiger partial charge >= 0.3 is 0 Å². The van der Waals surface area contributed by atoms with Gasteiger partial charge in [0.05, 0.1) is 19.0 Å². The number of hydrogen-bond acceptors (Lipinski definition) is 3. The van der Waals surface area contributed by atoms with Crippen LogP contribution in [-0.4, -0.2) is 21.3 Å². The van der Waals surface area contributed by atoms with Crippen LogP contribution in [0.3, 0.4) is 0 Å². The molecule has 0 amide bonds. The van der Waals surface area contributed by atoms with Crippen LogP contribution in [0.4, 0.5) is 5.82 Å². The minimum absolute atomic E-state index is 0.744. The Morgan fingerprint density at radius 1 is 1.12 bits per heavy atom. The van der Waals surface area contributed by atoms with E-state index in [1.54, 1.807) is 0 Å². The molecule has 0 aliphatic carbocycles. The number of rotatable bonds is 3. The van der Waals surface area contributed by atoms with Crippen LogP contribution in [0.15, 0.2) is 48.5 Å². The molecule has 2 aromatic carbocycles. The van der Waals surface area contributed by atoms with Gasteiger partial charge in [-0.25, -0.2) is 4.68 Å². The fraction of sp³-hybridized carbons (Fsp3) is 0.250. The first-order valence-corrected chi connectivity index (χ1v) is 8.83. The molecule has 4 nitrogen and oxygen atoms in total. The van der Waals surface area contributed by atoms with E-state index in [-0.39, 0.29) is 0 Å². The van der Waals surface area contributed by atoms with Crippen molar-refractivity contribution >= 4 is 17.4 Å². The van der Waals surface area contributed by atoms with E-state index in [0.29, 0.717) is 0 Å². The summed E-state index contributed by atoms with van der Waals surface area (Å²) in [6.07, 6.45) is 0. The van der Waals surface area contributed by atoms with Crippen molar-refractivity contribution in [3.05, 3.63) is 70.4 Å². The number of aryl methyl sites for hydroxylation is 2. The Balaban J connectivity index is 1.58. The Hall–Kier alpha value is -2.30. The lowest BCUT2D eigenvalue weighted by atomic mass is 10.1. The monoisotopic (exact) mass is 352 g/mol. The van der Waals surface area contributed by atoms with Gasteiger partial charge < -0.3 is 5.32 Å². The lowest BCUT2D eigenvalue weighted by Gasteiger charge is -2.29. The van der Waals surface area contributed by atoms with E-state index in [0.717, 1.165) is 47.5 Å². The molecule has 0 bridgehead atoms. The smallest absolute Gasteiger partial charge is 0.135 e. The summed E-state index contributed by atoms with van der Waals surface area (Å²) in [5.41, 5.74) is 5.86. The van der Waals surface area contributed by atoms with Crippen LogP contribution in [0.1, 0.15) is 16.8 Å². The van der Waals surface area contributed by atoms with Crippen LogP contribution in [-0.2, 0) is 13.2 Å². The maximum atomic E-state index is 6.17. The van der Waals surface area contributed by atoms with Crippen LogP contribution in [0, 0.1) is 13.8 Å². The molecule has 0 spiro atoms. The van der Waals surface area contributed by atoms with Crippen molar-refractivity contribution in [2.24, 2.45) is 0 Å². The third-order valence-electron chi connectivity index (χ3n) is 4.57. The highest BCUT2D eigenvalue weighted by molar-refractivity contribution is 6.30. The average molecular weight is 353 g/mol. The number of hydrogen-bond donors (Lipinski definition) is 1. The normalized spacial score (nSPS) is 14.2. The van der Waals surface area contributed by atoms with Gasteiger partial charge in [-0.1, -0.05) is 53.6 Å². The molecule has 3 aromatic rings. The van der Waals surface area contributed by atoms with Gasteiger partial charge in [-0.2, -0.15) is 5.10 Å². The Morgan fingerprint density at radius 3 is 2.68 bits per heavy atom. The van der Waals surface area contributed by atoms with E-state index < -0.39 is 0 Å². The minimum atomic E-state index is 0.744. The van der Waals surface area contributed by atoms with Gasteiger partial charge in [0, 0.05) is 17.1 Å². The number of aromatic nitrogens is 2. The average Bonchev–Trinajstić information content (AvgIpc) is 2.92. The first kappa shape index (κ1) is 16.2. The summed E-state index contributed by atoms with van der Waals surface area (Å²) in [7, 11) is 0. The van der Waals surface area contributed by atoms with Gasteiger partial charge in [-0.15, -0.1) is 0 Å². The molecule has 1 N–H and O–H groups in total. The van der Waals surface area contributed by atoms with Gasteiger partial charge in [-0.3, -0.25) is 4.90 Å². The minimum Gasteiger partial charge on any atom is -0.357 e. The largest absolute Gasteiger partial charge is 0.357 e. The Bertz CT molecular complexity index is 899. The Labute approximate surface area is 153 Å². The van der Waals surface area contributed by atoms with Crippen molar-refractivity contribution in [1.29, 1.82) is 0 Å². The van der Waals surface area contributed by atoms with Gasteiger partial charge in [-0.05, 0) is 37.1 Å². The fourth-order valence-electron chi connectivity index (χ4n) is 3.34. The van der Waals surface area contributed by atoms with Crippen LogP contribution >= 0.6 is 11.6 Å². The summed E-state index contributed by atoms with van der Waals surface area (Å²) < 4.78 is 2.04. The molecular weight excluding hydrogens is 332 g/mol. The molecule has 1 aromatic heterocycles. The van der Waals surface area contributed by atoms with Crippen molar-refractivity contribution in [3.63, 3.8) is 0 Å². The van der Waals surface area contributed by atoms with Crippen molar-refractivity contribution < 1.29 is 0 Å². The quantitative estimate of drug-likeness (QED) is 0.744. The molecule has 0 atom stereocenters. The standard InChI is InChI=1S/C20H21ClN4/c1-14-6-8-16(9-7-14)11-24-12-22-20-19(15(2)23-25(20)13-24)17-4-3-5-18(21)10-17/h3-10,22H,11-13H2,1-2H3. The molecule has 0 saturated carbocycles. The third kappa shape index (κ3) is 3.28. The molecular formula is C20H21ClN4. The van der Waals surface area contributed by atoms with Gasteiger partial charge in [0.25, 0.3) is 0 Å². The molecule has 5 heteroatoms. The Kier molecular flexibility index (Phi) is 4.24. The lowest BCUT2D eigenvalue weighted by Crippen LogP contribution is -2.36. The zero-order valence-corrected chi connectivity index (χ0v) is 15.2. The molecule has 128 valence electrons. The summed E-state index contributed by atoms with van der Waals surface area (Å²) in [5.74, 6) is 1.07. The maximum Gasteiger partial charge on any atom is 0.135 e. The van der Waals surface area contributed by atoms with E-state index >= 15 is 0 Å². The Morgan fingerprint density at radius 2 is 1.92 bits per heavy atom. The van der Waals surface area contributed by atoms with Gasteiger partial charge in [0.1, 0.15) is 5.82 Å². The number of benzene rings is 2. The molecule has 1 aliphatic rings. The second-order valence-electron chi connectivity index (χ2n) is 6.61.